The average molecular weight is 299 g/mol. The summed E-state index contributed by atoms with van der Waals surface area (Å²) in [6, 6.07) is 4.09. The van der Waals surface area contributed by atoms with E-state index in [2.05, 4.69) is 15.6 Å². The van der Waals surface area contributed by atoms with E-state index < -0.39 is 11.7 Å². The Hall–Kier alpha value is -1.99. The lowest BCUT2D eigenvalue weighted by molar-refractivity contribution is 0.0939. The molecule has 0 radical (unpaired) electrons. The highest BCUT2D eigenvalue weighted by molar-refractivity contribution is 6.30. The summed E-state index contributed by atoms with van der Waals surface area (Å²) >= 11 is 5.71. The van der Waals surface area contributed by atoms with Crippen molar-refractivity contribution in [2.24, 2.45) is 0 Å². The molecule has 1 heterocycles. The molecule has 1 aromatic carbocycles. The van der Waals surface area contributed by atoms with Crippen molar-refractivity contribution in [1.29, 1.82) is 0 Å². The topological polar surface area (TPSA) is 80.0 Å². The molecule has 0 bridgehead atoms. The van der Waals surface area contributed by atoms with Crippen LogP contribution in [0.5, 0.6) is 0 Å². The molecule has 0 fully saturated rings. The molecule has 20 heavy (non-hydrogen) atoms. The third-order valence-electron chi connectivity index (χ3n) is 2.65. The van der Waals surface area contributed by atoms with Crippen molar-refractivity contribution in [2.45, 2.75) is 6.92 Å². The van der Waals surface area contributed by atoms with Gasteiger partial charge in [0, 0.05) is 6.54 Å². The first-order chi connectivity index (χ1) is 9.54. The fraction of sp³-hybridized carbons (Fsp3) is 0.250. The van der Waals surface area contributed by atoms with Crippen molar-refractivity contribution >= 4 is 17.5 Å². The first-order valence-electron chi connectivity index (χ1n) is 5.81. The molecule has 1 amide bonds. The van der Waals surface area contributed by atoms with Crippen LogP contribution in [0.3, 0.4) is 0 Å². The number of nitrogens with one attached hydrogen (secondary N) is 1. The first kappa shape index (κ1) is 14.4. The molecule has 8 heteroatoms. The van der Waals surface area contributed by atoms with E-state index in [9.17, 15) is 9.18 Å². The number of nitrogens with zero attached hydrogens (tertiary/aromatic N) is 3. The molecule has 0 aliphatic carbocycles. The van der Waals surface area contributed by atoms with E-state index in [0.717, 1.165) is 0 Å². The molecule has 2 rings (SSSR count). The van der Waals surface area contributed by atoms with Crippen molar-refractivity contribution in [3.05, 3.63) is 40.4 Å². The van der Waals surface area contributed by atoms with Gasteiger partial charge in [-0.15, -0.1) is 5.10 Å². The maximum absolute atomic E-state index is 13.1. The third-order valence-corrected chi connectivity index (χ3v) is 2.94. The number of rotatable bonds is 4. The van der Waals surface area contributed by atoms with E-state index in [1.54, 1.807) is 6.92 Å². The van der Waals surface area contributed by atoms with Crippen molar-refractivity contribution in [1.82, 2.24) is 20.3 Å². The quantitative estimate of drug-likeness (QED) is 0.885. The number of halogens is 2. The lowest BCUT2D eigenvalue weighted by atomic mass is 10.2. The van der Waals surface area contributed by atoms with Gasteiger partial charge in [0.2, 0.25) is 0 Å². The molecule has 0 saturated heterocycles. The van der Waals surface area contributed by atoms with Gasteiger partial charge in [-0.3, -0.25) is 4.79 Å². The van der Waals surface area contributed by atoms with Crippen LogP contribution in [0.1, 0.15) is 16.2 Å². The summed E-state index contributed by atoms with van der Waals surface area (Å²) < 4.78 is 14.5. The Morgan fingerprint density at radius 3 is 2.95 bits per heavy atom. The van der Waals surface area contributed by atoms with Gasteiger partial charge in [-0.25, -0.2) is 9.07 Å². The molecular formula is C12H12ClFN4O2. The predicted octanol–water partition coefficient (Wildman–Crippen LogP) is 1.09. The molecule has 0 aliphatic rings. The van der Waals surface area contributed by atoms with Crippen LogP contribution in [0.2, 0.25) is 5.02 Å². The lowest BCUT2D eigenvalue weighted by Crippen LogP contribution is -2.27. The number of aromatic nitrogens is 3. The van der Waals surface area contributed by atoms with E-state index in [1.165, 1.54) is 22.9 Å². The van der Waals surface area contributed by atoms with Gasteiger partial charge in [-0.2, -0.15) is 0 Å². The highest BCUT2D eigenvalue weighted by Crippen LogP contribution is 2.19. The number of carbonyl (C=O) groups excluding carboxylic acids is 1. The van der Waals surface area contributed by atoms with Crippen LogP contribution in [0, 0.1) is 12.7 Å². The van der Waals surface area contributed by atoms with E-state index in [4.69, 9.17) is 16.7 Å². The standard InChI is InChI=1S/C12H12ClFN4O2/c1-7-11(12(20)15-4-5-19)16-17-18(7)8-2-3-10(14)9(13)6-8/h2-3,6,19H,4-5H2,1H3,(H,15,20). The molecule has 6 nitrogen and oxygen atoms in total. The number of carbonyl (C=O) groups is 1. The summed E-state index contributed by atoms with van der Waals surface area (Å²) in [4.78, 5) is 11.8. The van der Waals surface area contributed by atoms with E-state index >= 15 is 0 Å². The molecule has 0 atom stereocenters. The number of aliphatic hydroxyl groups is 1. The Morgan fingerprint density at radius 1 is 1.55 bits per heavy atom. The maximum Gasteiger partial charge on any atom is 0.273 e. The number of aliphatic hydroxyl groups excluding tert-OH is 1. The van der Waals surface area contributed by atoms with Gasteiger partial charge in [-0.1, -0.05) is 16.8 Å². The highest BCUT2D eigenvalue weighted by Gasteiger charge is 2.17. The van der Waals surface area contributed by atoms with Gasteiger partial charge >= 0.3 is 0 Å². The molecule has 106 valence electrons. The molecule has 0 saturated carbocycles. The summed E-state index contributed by atoms with van der Waals surface area (Å²) in [5.41, 5.74) is 1.13. The zero-order valence-corrected chi connectivity index (χ0v) is 11.4. The number of hydrogen-bond acceptors (Lipinski definition) is 4. The summed E-state index contributed by atoms with van der Waals surface area (Å²) in [6.45, 7) is 1.63. The van der Waals surface area contributed by atoms with Crippen molar-refractivity contribution in [3.63, 3.8) is 0 Å². The van der Waals surface area contributed by atoms with Gasteiger partial charge in [0.05, 0.1) is 23.0 Å². The molecule has 0 aliphatic heterocycles. The summed E-state index contributed by atoms with van der Waals surface area (Å²) in [5, 5.41) is 18.7. The Morgan fingerprint density at radius 2 is 2.30 bits per heavy atom. The van der Waals surface area contributed by atoms with Crippen molar-refractivity contribution in [2.75, 3.05) is 13.2 Å². The Balaban J connectivity index is 2.32. The minimum atomic E-state index is -0.533. The van der Waals surface area contributed by atoms with E-state index in [1.807, 2.05) is 0 Å². The Bertz CT molecular complexity index is 644. The minimum absolute atomic E-state index is 0.0383. The van der Waals surface area contributed by atoms with Crippen molar-refractivity contribution < 1.29 is 14.3 Å². The zero-order chi connectivity index (χ0) is 14.7. The minimum Gasteiger partial charge on any atom is -0.395 e. The highest BCUT2D eigenvalue weighted by atomic mass is 35.5. The third kappa shape index (κ3) is 2.78. The van der Waals surface area contributed by atoms with Gasteiger partial charge in [0.25, 0.3) is 5.91 Å². The van der Waals surface area contributed by atoms with Crippen LogP contribution < -0.4 is 5.32 Å². The van der Waals surface area contributed by atoms with Crippen LogP contribution in [-0.2, 0) is 0 Å². The van der Waals surface area contributed by atoms with Crippen LogP contribution in [0.4, 0.5) is 4.39 Å². The molecule has 0 unspecified atom stereocenters. The normalized spacial score (nSPS) is 10.6. The van der Waals surface area contributed by atoms with Crippen LogP contribution in [0.25, 0.3) is 5.69 Å². The zero-order valence-electron chi connectivity index (χ0n) is 10.6. The molecule has 0 spiro atoms. The largest absolute Gasteiger partial charge is 0.395 e. The average Bonchev–Trinajstić information content (AvgIpc) is 2.81. The van der Waals surface area contributed by atoms with Crippen LogP contribution >= 0.6 is 11.6 Å². The van der Waals surface area contributed by atoms with Gasteiger partial charge < -0.3 is 10.4 Å². The number of hydrogen-bond donors (Lipinski definition) is 2. The molecule has 2 N–H and O–H groups in total. The van der Waals surface area contributed by atoms with Gasteiger partial charge in [0.1, 0.15) is 5.82 Å². The maximum atomic E-state index is 13.1. The second-order valence-corrected chi connectivity index (χ2v) is 4.42. The number of amides is 1. The van der Waals surface area contributed by atoms with Crippen molar-refractivity contribution in [3.8, 4) is 5.69 Å². The second kappa shape index (κ2) is 5.98. The number of benzene rings is 1. The first-order valence-corrected chi connectivity index (χ1v) is 6.19. The summed E-state index contributed by atoms with van der Waals surface area (Å²) in [7, 11) is 0. The fourth-order valence-electron chi connectivity index (χ4n) is 1.65. The van der Waals surface area contributed by atoms with E-state index in [0.29, 0.717) is 11.4 Å². The summed E-state index contributed by atoms with van der Waals surface area (Å²) in [6.07, 6.45) is 0. The SMILES string of the molecule is Cc1c(C(=O)NCCO)nnn1-c1ccc(F)c(Cl)c1. The molecule has 2 aromatic rings. The monoisotopic (exact) mass is 298 g/mol. The second-order valence-electron chi connectivity index (χ2n) is 4.01. The fourth-order valence-corrected chi connectivity index (χ4v) is 1.83. The Labute approximate surface area is 119 Å². The molecule has 1 aromatic heterocycles. The van der Waals surface area contributed by atoms with Crippen LogP contribution in [-0.4, -0.2) is 39.2 Å². The van der Waals surface area contributed by atoms with Gasteiger partial charge in [-0.05, 0) is 25.1 Å². The van der Waals surface area contributed by atoms with Crippen LogP contribution in [0.15, 0.2) is 18.2 Å². The predicted molar refractivity (Wildman–Crippen MR) is 70.5 cm³/mol. The smallest absolute Gasteiger partial charge is 0.273 e. The summed E-state index contributed by atoms with van der Waals surface area (Å²) in [5.74, 6) is -0.967. The van der Waals surface area contributed by atoms with Gasteiger partial charge in [0.15, 0.2) is 5.69 Å². The van der Waals surface area contributed by atoms with E-state index in [-0.39, 0.29) is 23.9 Å². The Kier molecular flexibility index (Phi) is 4.31. The molecular weight excluding hydrogens is 287 g/mol. The lowest BCUT2D eigenvalue weighted by Gasteiger charge is -2.05.